The van der Waals surface area contributed by atoms with Crippen LogP contribution in [0.5, 0.6) is 5.75 Å². The Bertz CT molecular complexity index is 868. The van der Waals surface area contributed by atoms with Crippen molar-refractivity contribution in [3.05, 3.63) is 40.1 Å². The maximum Gasteiger partial charge on any atom is 0.142 e. The number of anilines is 1. The quantitative estimate of drug-likeness (QED) is 0.920. The van der Waals surface area contributed by atoms with E-state index >= 15 is 0 Å². The molecule has 5 nitrogen and oxygen atoms in total. The Morgan fingerprint density at radius 1 is 1.25 bits per heavy atom. The number of aryl methyl sites for hydroxylation is 2. The van der Waals surface area contributed by atoms with Gasteiger partial charge in [0, 0.05) is 23.1 Å². The van der Waals surface area contributed by atoms with Crippen molar-refractivity contribution in [2.75, 3.05) is 19.5 Å². The Labute approximate surface area is 141 Å². The van der Waals surface area contributed by atoms with Gasteiger partial charge in [0.1, 0.15) is 23.2 Å². The van der Waals surface area contributed by atoms with E-state index < -0.39 is 0 Å². The molecule has 0 unspecified atom stereocenters. The van der Waals surface area contributed by atoms with Crippen molar-refractivity contribution in [3.63, 3.8) is 0 Å². The molecule has 0 spiro atoms. The van der Waals surface area contributed by atoms with Gasteiger partial charge in [0.15, 0.2) is 0 Å². The number of fused-ring (bicyclic) bond motifs is 2. The van der Waals surface area contributed by atoms with Crippen LogP contribution in [-0.2, 0) is 30.6 Å². The molecule has 0 radical (unpaired) electrons. The Hall–Kier alpha value is -2.58. The summed E-state index contributed by atoms with van der Waals surface area (Å²) in [5.41, 5.74) is 12.8. The van der Waals surface area contributed by atoms with Gasteiger partial charge in [-0.1, -0.05) is 0 Å². The third-order valence-electron chi connectivity index (χ3n) is 4.94. The molecule has 1 aliphatic heterocycles. The molecule has 2 aliphatic rings. The van der Waals surface area contributed by atoms with E-state index in [2.05, 4.69) is 23.2 Å². The summed E-state index contributed by atoms with van der Waals surface area (Å²) >= 11 is 0. The fraction of sp³-hybridized carbons (Fsp3) is 0.368. The molecule has 1 aliphatic carbocycles. The highest BCUT2D eigenvalue weighted by molar-refractivity contribution is 5.83. The predicted octanol–water partition coefficient (Wildman–Crippen LogP) is 2.77. The lowest BCUT2D eigenvalue weighted by Crippen LogP contribution is -2.16. The highest BCUT2D eigenvalue weighted by Gasteiger charge is 2.26. The van der Waals surface area contributed by atoms with Crippen molar-refractivity contribution in [1.29, 1.82) is 5.26 Å². The standard InChI is InChI=1S/C19H19N3O2/c1-23-17-8-12-4-2-3-11(12)7-13(17)18-14(9-20)19(21)22-16-5-6-24-10-15(16)18/h7-8H,2-6,10H2,1H3,(H2,21,22). The molecule has 2 N–H and O–H groups in total. The number of benzene rings is 1. The van der Waals surface area contributed by atoms with Crippen molar-refractivity contribution in [2.45, 2.75) is 32.3 Å². The zero-order valence-electron chi connectivity index (χ0n) is 13.7. The van der Waals surface area contributed by atoms with E-state index in [1.807, 2.05) is 0 Å². The van der Waals surface area contributed by atoms with Crippen LogP contribution in [0.2, 0.25) is 0 Å². The number of hydrogen-bond donors (Lipinski definition) is 1. The second kappa shape index (κ2) is 5.81. The summed E-state index contributed by atoms with van der Waals surface area (Å²) in [5.74, 6) is 1.07. The van der Waals surface area contributed by atoms with Crippen molar-refractivity contribution in [1.82, 2.24) is 4.98 Å². The van der Waals surface area contributed by atoms with E-state index in [9.17, 15) is 5.26 Å². The second-order valence-corrected chi connectivity index (χ2v) is 6.26. The summed E-state index contributed by atoms with van der Waals surface area (Å²) in [4.78, 5) is 4.43. The number of rotatable bonds is 2. The van der Waals surface area contributed by atoms with E-state index in [0.717, 1.165) is 47.4 Å². The predicted molar refractivity (Wildman–Crippen MR) is 90.7 cm³/mol. The molecule has 0 saturated carbocycles. The van der Waals surface area contributed by atoms with Crippen molar-refractivity contribution >= 4 is 5.82 Å². The molecule has 0 bridgehead atoms. The number of aromatic nitrogens is 1. The van der Waals surface area contributed by atoms with Crippen molar-refractivity contribution < 1.29 is 9.47 Å². The van der Waals surface area contributed by atoms with Gasteiger partial charge in [-0.05, 0) is 42.5 Å². The maximum absolute atomic E-state index is 9.67. The molecular formula is C19H19N3O2. The molecule has 5 heteroatoms. The van der Waals surface area contributed by atoms with E-state index in [4.69, 9.17) is 15.2 Å². The van der Waals surface area contributed by atoms with Crippen LogP contribution >= 0.6 is 0 Å². The number of nitrogen functional groups attached to an aromatic ring is 1. The first kappa shape index (κ1) is 15.0. The van der Waals surface area contributed by atoms with Crippen LogP contribution in [0.4, 0.5) is 5.82 Å². The van der Waals surface area contributed by atoms with Crippen LogP contribution in [0.25, 0.3) is 11.1 Å². The molecule has 2 aromatic rings. The molecule has 122 valence electrons. The number of nitrogens with two attached hydrogens (primary N) is 1. The Morgan fingerprint density at radius 3 is 2.79 bits per heavy atom. The first-order chi connectivity index (χ1) is 11.7. The van der Waals surface area contributed by atoms with Gasteiger partial charge in [-0.25, -0.2) is 4.98 Å². The summed E-state index contributed by atoms with van der Waals surface area (Å²) in [5, 5.41) is 9.67. The highest BCUT2D eigenvalue weighted by Crippen LogP contribution is 2.42. The molecule has 0 atom stereocenters. The van der Waals surface area contributed by atoms with Gasteiger partial charge < -0.3 is 15.2 Å². The number of pyridine rings is 1. The van der Waals surface area contributed by atoms with Gasteiger partial charge in [-0.3, -0.25) is 0 Å². The number of nitrogens with zero attached hydrogens (tertiary/aromatic N) is 2. The van der Waals surface area contributed by atoms with Gasteiger partial charge >= 0.3 is 0 Å². The maximum atomic E-state index is 9.67. The Balaban J connectivity index is 2.03. The van der Waals surface area contributed by atoms with Crippen LogP contribution in [0, 0.1) is 11.3 Å². The van der Waals surface area contributed by atoms with E-state index in [1.165, 1.54) is 11.1 Å². The van der Waals surface area contributed by atoms with Gasteiger partial charge in [-0.15, -0.1) is 0 Å². The fourth-order valence-corrected chi connectivity index (χ4v) is 3.77. The zero-order chi connectivity index (χ0) is 16.7. The van der Waals surface area contributed by atoms with Gasteiger partial charge in [0.05, 0.1) is 26.0 Å². The first-order valence-electron chi connectivity index (χ1n) is 8.22. The molecule has 1 aromatic carbocycles. The smallest absolute Gasteiger partial charge is 0.142 e. The topological polar surface area (TPSA) is 81.2 Å². The minimum absolute atomic E-state index is 0.288. The van der Waals surface area contributed by atoms with Crippen LogP contribution in [0.15, 0.2) is 12.1 Å². The normalized spacial score (nSPS) is 15.5. The molecular weight excluding hydrogens is 302 g/mol. The number of hydrogen-bond acceptors (Lipinski definition) is 5. The Morgan fingerprint density at radius 2 is 2.04 bits per heavy atom. The third-order valence-corrected chi connectivity index (χ3v) is 4.94. The van der Waals surface area contributed by atoms with Gasteiger partial charge in [-0.2, -0.15) is 5.26 Å². The SMILES string of the molecule is COc1cc2c(cc1-c1c(C#N)c(N)nc3c1COCC3)CCC2. The zero-order valence-corrected chi connectivity index (χ0v) is 13.7. The lowest BCUT2D eigenvalue weighted by molar-refractivity contribution is 0.109. The molecule has 4 rings (SSSR count). The largest absolute Gasteiger partial charge is 0.496 e. The van der Waals surface area contributed by atoms with Crippen LogP contribution < -0.4 is 10.5 Å². The van der Waals surface area contributed by atoms with Crippen LogP contribution in [0.3, 0.4) is 0 Å². The molecule has 0 fully saturated rings. The highest BCUT2D eigenvalue weighted by atomic mass is 16.5. The lowest BCUT2D eigenvalue weighted by atomic mass is 9.90. The minimum Gasteiger partial charge on any atom is -0.496 e. The average molecular weight is 321 g/mol. The molecule has 2 heterocycles. The summed E-state index contributed by atoms with van der Waals surface area (Å²) in [6.07, 6.45) is 4.02. The van der Waals surface area contributed by atoms with E-state index in [1.54, 1.807) is 7.11 Å². The minimum atomic E-state index is 0.288. The first-order valence-corrected chi connectivity index (χ1v) is 8.22. The second-order valence-electron chi connectivity index (χ2n) is 6.26. The van der Waals surface area contributed by atoms with Crippen LogP contribution in [-0.4, -0.2) is 18.7 Å². The monoisotopic (exact) mass is 321 g/mol. The molecule has 0 amide bonds. The van der Waals surface area contributed by atoms with Crippen LogP contribution in [0.1, 0.15) is 34.4 Å². The molecule has 24 heavy (non-hydrogen) atoms. The summed E-state index contributed by atoms with van der Waals surface area (Å²) in [7, 11) is 1.67. The number of methoxy groups -OCH3 is 1. The third kappa shape index (κ3) is 2.22. The van der Waals surface area contributed by atoms with Crippen molar-refractivity contribution in [3.8, 4) is 22.9 Å². The summed E-state index contributed by atoms with van der Waals surface area (Å²) in [6.45, 7) is 1.08. The Kier molecular flexibility index (Phi) is 3.62. The number of ether oxygens (including phenoxy) is 2. The number of nitriles is 1. The molecule has 0 saturated heterocycles. The molecule has 1 aromatic heterocycles. The summed E-state index contributed by atoms with van der Waals surface area (Å²) in [6, 6.07) is 6.49. The average Bonchev–Trinajstić information content (AvgIpc) is 3.06. The fourth-order valence-electron chi connectivity index (χ4n) is 3.77. The summed E-state index contributed by atoms with van der Waals surface area (Å²) < 4.78 is 11.3. The van der Waals surface area contributed by atoms with Gasteiger partial charge in [0.2, 0.25) is 0 Å². The van der Waals surface area contributed by atoms with Crippen molar-refractivity contribution in [2.24, 2.45) is 0 Å². The lowest BCUT2D eigenvalue weighted by Gasteiger charge is -2.22. The van der Waals surface area contributed by atoms with E-state index in [0.29, 0.717) is 25.2 Å². The van der Waals surface area contributed by atoms with E-state index in [-0.39, 0.29) is 5.82 Å². The van der Waals surface area contributed by atoms with Gasteiger partial charge in [0.25, 0.3) is 0 Å².